The van der Waals surface area contributed by atoms with Gasteiger partial charge in [-0.2, -0.15) is 0 Å². The molecule has 262 valence electrons. The number of aromatic nitrogens is 2. The van der Waals surface area contributed by atoms with Gasteiger partial charge in [0, 0.05) is 38.5 Å². The Kier molecular flexibility index (Phi) is 7.53. The number of nitrogens with zero attached hydrogens (tertiary/aromatic N) is 2. The van der Waals surface area contributed by atoms with Crippen molar-refractivity contribution in [2.24, 2.45) is 0 Å². The summed E-state index contributed by atoms with van der Waals surface area (Å²) in [5, 5.41) is 4.99. The Balaban J connectivity index is 1.16. The highest BCUT2D eigenvalue weighted by Gasteiger charge is 2.19. The van der Waals surface area contributed by atoms with Gasteiger partial charge in [-0.1, -0.05) is 152 Å². The Labute approximate surface area is 325 Å². The summed E-state index contributed by atoms with van der Waals surface area (Å²) in [6.07, 6.45) is 0. The number of para-hydroxylation sites is 5. The maximum absolute atomic E-state index is 2.44. The first-order chi connectivity index (χ1) is 27.8. The summed E-state index contributed by atoms with van der Waals surface area (Å²) in [7, 11) is 0. The predicted octanol–water partition coefficient (Wildman–Crippen LogP) is 14.5. The SMILES string of the molecule is c1ccc(-c2ccc(-c3cc(-c4ccc5c(c4)c4ccccc4n5-c4ccccc4)cc(-c4cccc5c6ccccc6n(-c6ccccc6)c45)c3)cc2)cc1. The normalized spacial score (nSPS) is 11.6. The molecule has 2 nitrogen and oxygen atoms in total. The van der Waals surface area contributed by atoms with Crippen molar-refractivity contribution in [2.45, 2.75) is 0 Å². The molecule has 0 aliphatic rings. The zero-order valence-corrected chi connectivity index (χ0v) is 30.7. The number of hydrogen-bond donors (Lipinski definition) is 0. The fourth-order valence-electron chi connectivity index (χ4n) is 8.71. The lowest BCUT2D eigenvalue weighted by atomic mass is 9.91. The zero-order chi connectivity index (χ0) is 37.0. The maximum atomic E-state index is 2.44. The lowest BCUT2D eigenvalue weighted by molar-refractivity contribution is 1.18. The van der Waals surface area contributed by atoms with Crippen LogP contribution in [0.1, 0.15) is 0 Å². The smallest absolute Gasteiger partial charge is 0.0619 e. The first-order valence-corrected chi connectivity index (χ1v) is 19.3. The maximum Gasteiger partial charge on any atom is 0.0619 e. The minimum atomic E-state index is 1.15. The minimum absolute atomic E-state index is 1.15. The lowest BCUT2D eigenvalue weighted by Crippen LogP contribution is -1.95. The second-order valence-electron chi connectivity index (χ2n) is 14.6. The quantitative estimate of drug-likeness (QED) is 0.162. The van der Waals surface area contributed by atoms with Gasteiger partial charge in [0.1, 0.15) is 0 Å². The van der Waals surface area contributed by atoms with Crippen LogP contribution < -0.4 is 0 Å². The highest BCUT2D eigenvalue weighted by atomic mass is 15.0. The van der Waals surface area contributed by atoms with E-state index >= 15 is 0 Å². The molecule has 0 saturated carbocycles. The Hall–Kier alpha value is -7.42. The zero-order valence-electron chi connectivity index (χ0n) is 30.7. The molecule has 56 heavy (non-hydrogen) atoms. The molecule has 0 aliphatic heterocycles. The van der Waals surface area contributed by atoms with E-state index in [0.717, 1.165) is 11.4 Å². The average molecular weight is 713 g/mol. The van der Waals surface area contributed by atoms with Gasteiger partial charge in [0.25, 0.3) is 0 Å². The van der Waals surface area contributed by atoms with Gasteiger partial charge in [0.2, 0.25) is 0 Å². The van der Waals surface area contributed by atoms with E-state index in [1.807, 2.05) is 0 Å². The van der Waals surface area contributed by atoms with E-state index in [4.69, 9.17) is 0 Å². The van der Waals surface area contributed by atoms with Crippen LogP contribution in [0.3, 0.4) is 0 Å². The molecular weight excluding hydrogens is 677 g/mol. The van der Waals surface area contributed by atoms with Crippen molar-refractivity contribution in [3.05, 3.63) is 218 Å². The van der Waals surface area contributed by atoms with Gasteiger partial charge in [-0.05, 0) is 106 Å². The molecule has 11 rings (SSSR count). The van der Waals surface area contributed by atoms with Crippen molar-refractivity contribution in [1.82, 2.24) is 9.13 Å². The van der Waals surface area contributed by atoms with Crippen molar-refractivity contribution < 1.29 is 0 Å². The van der Waals surface area contributed by atoms with Crippen LogP contribution in [0.25, 0.3) is 99.5 Å². The van der Waals surface area contributed by atoms with Gasteiger partial charge < -0.3 is 9.13 Å². The standard InChI is InChI=1S/C54H36N2/c1-4-15-37(16-5-1)38-27-29-39(30-28-38)41-33-42(40-31-32-53-50(36-40)48-22-11-12-25-51(48)55(53)44-17-6-2-7-18-44)35-43(34-41)46-23-14-24-49-47-21-10-13-26-52(47)56(54(46)49)45-19-8-3-9-20-45/h1-36H. The van der Waals surface area contributed by atoms with Crippen molar-refractivity contribution >= 4 is 43.6 Å². The Morgan fingerprint density at radius 3 is 1.36 bits per heavy atom. The largest absolute Gasteiger partial charge is 0.309 e. The third-order valence-electron chi connectivity index (χ3n) is 11.3. The van der Waals surface area contributed by atoms with Crippen molar-refractivity contribution in [2.75, 3.05) is 0 Å². The van der Waals surface area contributed by atoms with Crippen LogP contribution in [0, 0.1) is 0 Å². The summed E-state index contributed by atoms with van der Waals surface area (Å²) >= 11 is 0. The molecule has 0 saturated heterocycles. The van der Waals surface area contributed by atoms with Crippen LogP contribution >= 0.6 is 0 Å². The molecule has 0 atom stereocenters. The second-order valence-corrected chi connectivity index (χ2v) is 14.6. The van der Waals surface area contributed by atoms with Crippen LogP contribution in [0.5, 0.6) is 0 Å². The Bertz CT molecular complexity index is 3210. The van der Waals surface area contributed by atoms with Crippen LogP contribution in [-0.4, -0.2) is 9.13 Å². The molecule has 9 aromatic carbocycles. The summed E-state index contributed by atoms with van der Waals surface area (Å²) in [4.78, 5) is 0. The van der Waals surface area contributed by atoms with E-state index in [1.165, 1.54) is 88.1 Å². The van der Waals surface area contributed by atoms with Crippen molar-refractivity contribution in [1.29, 1.82) is 0 Å². The first-order valence-electron chi connectivity index (χ1n) is 19.3. The van der Waals surface area contributed by atoms with E-state index in [-0.39, 0.29) is 0 Å². The molecule has 0 aliphatic carbocycles. The predicted molar refractivity (Wildman–Crippen MR) is 237 cm³/mol. The van der Waals surface area contributed by atoms with Crippen molar-refractivity contribution in [3.8, 4) is 55.9 Å². The lowest BCUT2D eigenvalue weighted by Gasteiger charge is -2.15. The molecule has 0 N–H and O–H groups in total. The fraction of sp³-hybridized carbons (Fsp3) is 0. The van der Waals surface area contributed by atoms with Crippen LogP contribution in [0.2, 0.25) is 0 Å². The third kappa shape index (κ3) is 5.26. The van der Waals surface area contributed by atoms with E-state index in [1.54, 1.807) is 0 Å². The Morgan fingerprint density at radius 1 is 0.232 bits per heavy atom. The van der Waals surface area contributed by atoms with Gasteiger partial charge in [-0.3, -0.25) is 0 Å². The van der Waals surface area contributed by atoms with Crippen LogP contribution in [0.4, 0.5) is 0 Å². The van der Waals surface area contributed by atoms with E-state index in [9.17, 15) is 0 Å². The monoisotopic (exact) mass is 712 g/mol. The molecule has 0 spiro atoms. The van der Waals surface area contributed by atoms with E-state index < -0.39 is 0 Å². The summed E-state index contributed by atoms with van der Waals surface area (Å²) in [6.45, 7) is 0. The number of benzene rings is 9. The van der Waals surface area contributed by atoms with Gasteiger partial charge in [0.05, 0.1) is 22.1 Å². The summed E-state index contributed by atoms with van der Waals surface area (Å²) in [5.41, 5.74) is 16.7. The molecule has 2 heterocycles. The molecule has 0 bridgehead atoms. The highest BCUT2D eigenvalue weighted by Crippen LogP contribution is 2.42. The average Bonchev–Trinajstić information content (AvgIpc) is 3.80. The van der Waals surface area contributed by atoms with E-state index in [2.05, 4.69) is 228 Å². The topological polar surface area (TPSA) is 9.86 Å². The molecular formula is C54H36N2. The highest BCUT2D eigenvalue weighted by molar-refractivity contribution is 6.14. The van der Waals surface area contributed by atoms with Gasteiger partial charge in [0.15, 0.2) is 0 Å². The fourth-order valence-corrected chi connectivity index (χ4v) is 8.71. The molecule has 0 amide bonds. The molecule has 0 unspecified atom stereocenters. The number of hydrogen-bond acceptors (Lipinski definition) is 0. The van der Waals surface area contributed by atoms with Crippen LogP contribution in [0.15, 0.2) is 218 Å². The summed E-state index contributed by atoms with van der Waals surface area (Å²) in [6, 6.07) is 79.5. The molecule has 2 aromatic heterocycles. The number of fused-ring (bicyclic) bond motifs is 6. The molecule has 11 aromatic rings. The van der Waals surface area contributed by atoms with Gasteiger partial charge >= 0.3 is 0 Å². The summed E-state index contributed by atoms with van der Waals surface area (Å²) in [5.74, 6) is 0. The van der Waals surface area contributed by atoms with Crippen molar-refractivity contribution in [3.63, 3.8) is 0 Å². The molecule has 0 radical (unpaired) electrons. The van der Waals surface area contributed by atoms with Gasteiger partial charge in [-0.25, -0.2) is 0 Å². The Morgan fingerprint density at radius 2 is 0.679 bits per heavy atom. The van der Waals surface area contributed by atoms with Gasteiger partial charge in [-0.15, -0.1) is 0 Å². The first kappa shape index (κ1) is 32.0. The molecule has 2 heteroatoms. The minimum Gasteiger partial charge on any atom is -0.309 e. The number of rotatable bonds is 6. The summed E-state index contributed by atoms with van der Waals surface area (Å²) < 4.78 is 4.82. The van der Waals surface area contributed by atoms with E-state index in [0.29, 0.717) is 0 Å². The van der Waals surface area contributed by atoms with Crippen LogP contribution in [-0.2, 0) is 0 Å². The molecule has 0 fully saturated rings. The second kappa shape index (κ2) is 13.2. The third-order valence-corrected chi connectivity index (χ3v) is 11.3.